The number of nitrogens with zero attached hydrogens (tertiary/aromatic N) is 1. The van der Waals surface area contributed by atoms with Gasteiger partial charge in [-0.05, 0) is 41.0 Å². The van der Waals surface area contributed by atoms with Gasteiger partial charge in [-0.15, -0.1) is 0 Å². The van der Waals surface area contributed by atoms with E-state index in [4.69, 9.17) is 0 Å². The highest BCUT2D eigenvalue weighted by Gasteiger charge is 2.11. The van der Waals surface area contributed by atoms with Crippen LogP contribution in [-0.4, -0.2) is 15.9 Å². The number of carbonyl (C=O) groups excluding carboxylic acids is 1. The molecule has 0 bridgehead atoms. The van der Waals surface area contributed by atoms with Crippen LogP contribution in [0, 0.1) is 0 Å². The van der Waals surface area contributed by atoms with Gasteiger partial charge in [-0.2, -0.15) is 0 Å². The fraction of sp³-hybridized carbons (Fsp3) is 0.0476. The van der Waals surface area contributed by atoms with Crippen LogP contribution in [-0.2, 0) is 6.54 Å². The highest BCUT2D eigenvalue weighted by atomic mass is 16.1. The zero-order chi connectivity index (χ0) is 17.1. The van der Waals surface area contributed by atoms with Crippen molar-refractivity contribution in [2.24, 2.45) is 0 Å². The topological polar surface area (TPSA) is 57.8 Å². The van der Waals surface area contributed by atoms with Crippen LogP contribution in [0.5, 0.6) is 0 Å². The number of fused-ring (bicyclic) bond motifs is 1. The lowest BCUT2D eigenvalue weighted by molar-refractivity contribution is 0.0951. The molecule has 0 saturated carbocycles. The van der Waals surface area contributed by atoms with E-state index in [1.54, 1.807) is 6.20 Å². The summed E-state index contributed by atoms with van der Waals surface area (Å²) in [5.74, 6) is -0.0723. The molecule has 1 amide bonds. The van der Waals surface area contributed by atoms with Crippen LogP contribution in [0.1, 0.15) is 15.9 Å². The molecular formula is C21H17N3O. The molecule has 122 valence electrons. The van der Waals surface area contributed by atoms with Crippen molar-refractivity contribution in [1.82, 2.24) is 15.3 Å². The highest BCUT2D eigenvalue weighted by molar-refractivity contribution is 5.95. The molecule has 0 radical (unpaired) electrons. The molecule has 0 aliphatic carbocycles. The first kappa shape index (κ1) is 15.1. The number of carbonyl (C=O) groups is 1. The number of hydrogen-bond donors (Lipinski definition) is 2. The van der Waals surface area contributed by atoms with Gasteiger partial charge in [0, 0.05) is 29.9 Å². The van der Waals surface area contributed by atoms with Crippen molar-refractivity contribution in [1.29, 1.82) is 0 Å². The Kier molecular flexibility index (Phi) is 4.01. The lowest BCUT2D eigenvalue weighted by Gasteiger charge is -2.12. The van der Waals surface area contributed by atoms with Crippen molar-refractivity contribution in [3.63, 3.8) is 0 Å². The van der Waals surface area contributed by atoms with Gasteiger partial charge in [0.2, 0.25) is 0 Å². The van der Waals surface area contributed by atoms with E-state index >= 15 is 0 Å². The molecule has 0 aliphatic rings. The third kappa shape index (κ3) is 3.02. The number of nitrogens with one attached hydrogen (secondary N) is 2. The van der Waals surface area contributed by atoms with Crippen LogP contribution < -0.4 is 5.32 Å². The van der Waals surface area contributed by atoms with Crippen LogP contribution in [0.3, 0.4) is 0 Å². The average Bonchev–Trinajstić information content (AvgIpc) is 3.16. The minimum Gasteiger partial charge on any atom is -0.348 e. The number of pyridine rings is 1. The molecule has 4 aromatic rings. The van der Waals surface area contributed by atoms with E-state index in [9.17, 15) is 4.79 Å². The van der Waals surface area contributed by atoms with Crippen LogP contribution in [0.2, 0.25) is 0 Å². The standard InChI is InChI=1S/C21H17N3O/c25-21(15-6-2-1-3-7-15)24-14-16-8-4-5-9-17(16)18-10-12-22-20-19(18)11-13-23-20/h1-13H,14H2,(H,22,23)(H,24,25). The molecule has 0 spiro atoms. The molecule has 4 heteroatoms. The smallest absolute Gasteiger partial charge is 0.251 e. The third-order valence-electron chi connectivity index (χ3n) is 4.24. The van der Waals surface area contributed by atoms with Gasteiger partial charge in [0.15, 0.2) is 0 Å². The molecule has 4 nitrogen and oxygen atoms in total. The molecular weight excluding hydrogens is 310 g/mol. The van der Waals surface area contributed by atoms with Crippen LogP contribution in [0.15, 0.2) is 79.1 Å². The minimum atomic E-state index is -0.0723. The van der Waals surface area contributed by atoms with Gasteiger partial charge in [-0.3, -0.25) is 4.79 Å². The molecule has 4 rings (SSSR count). The van der Waals surface area contributed by atoms with Gasteiger partial charge >= 0.3 is 0 Å². The Morgan fingerprint density at radius 1 is 0.920 bits per heavy atom. The Labute approximate surface area is 145 Å². The summed E-state index contributed by atoms with van der Waals surface area (Å²) < 4.78 is 0. The quantitative estimate of drug-likeness (QED) is 0.591. The van der Waals surface area contributed by atoms with Crippen LogP contribution in [0.25, 0.3) is 22.2 Å². The van der Waals surface area contributed by atoms with Crippen LogP contribution >= 0.6 is 0 Å². The van der Waals surface area contributed by atoms with Crippen molar-refractivity contribution in [2.75, 3.05) is 0 Å². The summed E-state index contributed by atoms with van der Waals surface area (Å²) in [6, 6.07) is 21.4. The Balaban J connectivity index is 1.64. The van der Waals surface area contributed by atoms with Crippen LogP contribution in [0.4, 0.5) is 0 Å². The largest absolute Gasteiger partial charge is 0.348 e. The maximum Gasteiger partial charge on any atom is 0.251 e. The highest BCUT2D eigenvalue weighted by Crippen LogP contribution is 2.29. The Hall–Kier alpha value is -3.40. The van der Waals surface area contributed by atoms with E-state index in [-0.39, 0.29) is 5.91 Å². The molecule has 0 fully saturated rings. The Morgan fingerprint density at radius 3 is 2.60 bits per heavy atom. The van der Waals surface area contributed by atoms with E-state index in [1.807, 2.05) is 66.9 Å². The molecule has 2 heterocycles. The number of benzene rings is 2. The maximum atomic E-state index is 12.3. The van der Waals surface area contributed by atoms with E-state index in [0.29, 0.717) is 12.1 Å². The van der Waals surface area contributed by atoms with Gasteiger partial charge in [-0.1, -0.05) is 42.5 Å². The molecule has 2 aromatic heterocycles. The summed E-state index contributed by atoms with van der Waals surface area (Å²) >= 11 is 0. The van der Waals surface area contributed by atoms with Gasteiger partial charge < -0.3 is 10.3 Å². The fourth-order valence-corrected chi connectivity index (χ4v) is 3.00. The SMILES string of the molecule is O=C(NCc1ccccc1-c1ccnc2[nH]ccc12)c1ccccc1. The third-order valence-corrected chi connectivity index (χ3v) is 4.24. The monoisotopic (exact) mass is 327 g/mol. The zero-order valence-electron chi connectivity index (χ0n) is 13.6. The summed E-state index contributed by atoms with van der Waals surface area (Å²) in [7, 11) is 0. The number of aromatic amines is 1. The second-order valence-electron chi connectivity index (χ2n) is 5.80. The summed E-state index contributed by atoms with van der Waals surface area (Å²) in [5, 5.41) is 4.08. The maximum absolute atomic E-state index is 12.3. The number of aromatic nitrogens is 2. The van der Waals surface area contributed by atoms with Gasteiger partial charge in [0.1, 0.15) is 5.65 Å². The summed E-state index contributed by atoms with van der Waals surface area (Å²) in [5.41, 5.74) is 4.80. The molecule has 2 N–H and O–H groups in total. The van der Waals surface area contributed by atoms with E-state index in [2.05, 4.69) is 21.4 Å². The molecule has 0 atom stereocenters. The van der Waals surface area contributed by atoms with Gasteiger partial charge in [0.25, 0.3) is 5.91 Å². The van der Waals surface area contributed by atoms with Crippen molar-refractivity contribution in [3.8, 4) is 11.1 Å². The molecule has 0 unspecified atom stereocenters. The number of hydrogen-bond acceptors (Lipinski definition) is 2. The second kappa shape index (κ2) is 6.61. The first-order valence-corrected chi connectivity index (χ1v) is 8.16. The fourth-order valence-electron chi connectivity index (χ4n) is 3.00. The minimum absolute atomic E-state index is 0.0723. The molecule has 0 saturated heterocycles. The molecule has 2 aromatic carbocycles. The van der Waals surface area contributed by atoms with Gasteiger partial charge in [-0.25, -0.2) is 4.98 Å². The number of H-pyrrole nitrogens is 1. The summed E-state index contributed by atoms with van der Waals surface area (Å²) in [6.07, 6.45) is 3.69. The first-order valence-electron chi connectivity index (χ1n) is 8.16. The van der Waals surface area contributed by atoms with Crippen molar-refractivity contribution < 1.29 is 4.79 Å². The number of amides is 1. The second-order valence-corrected chi connectivity index (χ2v) is 5.80. The summed E-state index contributed by atoms with van der Waals surface area (Å²) in [6.45, 7) is 0.470. The Bertz CT molecular complexity index is 1020. The summed E-state index contributed by atoms with van der Waals surface area (Å²) in [4.78, 5) is 19.8. The first-order chi connectivity index (χ1) is 12.3. The van der Waals surface area contributed by atoms with E-state index in [0.717, 1.165) is 27.7 Å². The van der Waals surface area contributed by atoms with Crippen molar-refractivity contribution in [3.05, 3.63) is 90.3 Å². The predicted molar refractivity (Wildman–Crippen MR) is 99.1 cm³/mol. The Morgan fingerprint density at radius 2 is 1.72 bits per heavy atom. The normalized spacial score (nSPS) is 10.7. The van der Waals surface area contributed by atoms with E-state index < -0.39 is 0 Å². The lowest BCUT2D eigenvalue weighted by atomic mass is 9.98. The zero-order valence-corrected chi connectivity index (χ0v) is 13.6. The van der Waals surface area contributed by atoms with Crippen molar-refractivity contribution >= 4 is 16.9 Å². The van der Waals surface area contributed by atoms with Gasteiger partial charge in [0.05, 0.1) is 0 Å². The lowest BCUT2D eigenvalue weighted by Crippen LogP contribution is -2.22. The van der Waals surface area contributed by atoms with E-state index in [1.165, 1.54) is 0 Å². The molecule has 25 heavy (non-hydrogen) atoms. The predicted octanol–water partition coefficient (Wildman–Crippen LogP) is 4.16. The number of rotatable bonds is 4. The average molecular weight is 327 g/mol. The molecule has 0 aliphatic heterocycles. The van der Waals surface area contributed by atoms with Crippen molar-refractivity contribution in [2.45, 2.75) is 6.54 Å².